The Morgan fingerprint density at radius 3 is 2.42 bits per heavy atom. The predicted molar refractivity (Wildman–Crippen MR) is 74.9 cm³/mol. The van der Waals surface area contributed by atoms with Crippen LogP contribution < -0.4 is 0 Å². The van der Waals surface area contributed by atoms with Crippen LogP contribution in [-0.2, 0) is 14.3 Å². The number of rotatable bonds is 5. The lowest BCUT2D eigenvalue weighted by atomic mass is 9.83. The van der Waals surface area contributed by atoms with Crippen LogP contribution in [0.25, 0.3) is 0 Å². The first-order valence-electron chi connectivity index (χ1n) is 7.94. The van der Waals surface area contributed by atoms with Gasteiger partial charge in [-0.1, -0.05) is 39.0 Å². The van der Waals surface area contributed by atoms with E-state index in [4.69, 9.17) is 9.47 Å². The lowest BCUT2D eigenvalue weighted by molar-refractivity contribution is -0.159. The third kappa shape index (κ3) is 4.20. The van der Waals surface area contributed by atoms with E-state index in [9.17, 15) is 4.79 Å². The maximum atomic E-state index is 12.2. The van der Waals surface area contributed by atoms with Crippen LogP contribution in [0.2, 0.25) is 0 Å². The fourth-order valence-electron chi connectivity index (χ4n) is 3.58. The molecule has 2 rings (SSSR count). The van der Waals surface area contributed by atoms with E-state index in [-0.39, 0.29) is 24.1 Å². The van der Waals surface area contributed by atoms with Gasteiger partial charge in [-0.25, -0.2) is 0 Å². The van der Waals surface area contributed by atoms with Crippen LogP contribution >= 0.6 is 0 Å². The molecule has 0 radical (unpaired) electrons. The molecule has 0 aliphatic heterocycles. The zero-order valence-corrected chi connectivity index (χ0v) is 12.4. The Bertz CT molecular complexity index is 284. The number of carbonyl (C=O) groups is 1. The summed E-state index contributed by atoms with van der Waals surface area (Å²) < 4.78 is 11.0. The fraction of sp³-hybridized carbons (Fsp3) is 0.938. The Hall–Kier alpha value is -0.570. The molecular formula is C16H28O3. The summed E-state index contributed by atoms with van der Waals surface area (Å²) in [5.41, 5.74) is 0. The second-order valence-electron chi connectivity index (χ2n) is 6.32. The van der Waals surface area contributed by atoms with Crippen LogP contribution in [0.4, 0.5) is 0 Å². The minimum absolute atomic E-state index is 0.00805. The lowest BCUT2D eigenvalue weighted by Crippen LogP contribution is -2.30. The van der Waals surface area contributed by atoms with Crippen molar-refractivity contribution in [3.05, 3.63) is 0 Å². The molecule has 0 aromatic heterocycles. The first-order chi connectivity index (χ1) is 9.20. The van der Waals surface area contributed by atoms with Gasteiger partial charge >= 0.3 is 5.97 Å². The number of methoxy groups -OCH3 is 1. The molecule has 110 valence electrons. The Kier molecular flexibility index (Phi) is 5.68. The van der Waals surface area contributed by atoms with E-state index in [1.807, 2.05) is 6.92 Å². The monoisotopic (exact) mass is 268 g/mol. The number of ether oxygens (including phenoxy) is 2. The Labute approximate surface area is 117 Å². The SMILES string of the molecule is CO[C@@H]1CCC[C@H]1OC(=O)[C@H](C)CC1CCCCC1. The second-order valence-corrected chi connectivity index (χ2v) is 6.32. The average molecular weight is 268 g/mol. The number of carbonyl (C=O) groups excluding carboxylic acids is 1. The minimum atomic E-state index is -0.0143. The van der Waals surface area contributed by atoms with Gasteiger partial charge in [-0.15, -0.1) is 0 Å². The average Bonchev–Trinajstić information content (AvgIpc) is 2.87. The van der Waals surface area contributed by atoms with Gasteiger partial charge in [0.25, 0.3) is 0 Å². The molecule has 0 unspecified atom stereocenters. The van der Waals surface area contributed by atoms with Crippen molar-refractivity contribution < 1.29 is 14.3 Å². The molecule has 0 aromatic rings. The van der Waals surface area contributed by atoms with Gasteiger partial charge in [-0.3, -0.25) is 4.79 Å². The van der Waals surface area contributed by atoms with Crippen molar-refractivity contribution in [2.45, 2.75) is 76.9 Å². The quantitative estimate of drug-likeness (QED) is 0.713. The summed E-state index contributed by atoms with van der Waals surface area (Å²) in [5, 5.41) is 0. The van der Waals surface area contributed by atoms with Crippen molar-refractivity contribution in [2.75, 3.05) is 7.11 Å². The van der Waals surface area contributed by atoms with Crippen LogP contribution in [0, 0.1) is 11.8 Å². The van der Waals surface area contributed by atoms with Gasteiger partial charge < -0.3 is 9.47 Å². The largest absolute Gasteiger partial charge is 0.459 e. The maximum Gasteiger partial charge on any atom is 0.309 e. The normalized spacial score (nSPS) is 30.2. The number of esters is 1. The van der Waals surface area contributed by atoms with Gasteiger partial charge in [0.1, 0.15) is 6.10 Å². The molecule has 0 amide bonds. The molecule has 2 fully saturated rings. The van der Waals surface area contributed by atoms with Crippen LogP contribution in [-0.4, -0.2) is 25.3 Å². The van der Waals surface area contributed by atoms with Crippen LogP contribution in [0.5, 0.6) is 0 Å². The molecule has 19 heavy (non-hydrogen) atoms. The lowest BCUT2D eigenvalue weighted by Gasteiger charge is -2.25. The molecule has 0 spiro atoms. The van der Waals surface area contributed by atoms with E-state index in [1.165, 1.54) is 32.1 Å². The summed E-state index contributed by atoms with van der Waals surface area (Å²) in [6.45, 7) is 2.02. The molecule has 0 aromatic carbocycles. The summed E-state index contributed by atoms with van der Waals surface area (Å²) in [4.78, 5) is 12.2. The van der Waals surface area contributed by atoms with Crippen molar-refractivity contribution in [3.8, 4) is 0 Å². The molecule has 3 heteroatoms. The van der Waals surface area contributed by atoms with E-state index in [1.54, 1.807) is 7.11 Å². The van der Waals surface area contributed by atoms with Gasteiger partial charge in [0.15, 0.2) is 0 Å². The topological polar surface area (TPSA) is 35.5 Å². The summed E-state index contributed by atoms with van der Waals surface area (Å²) in [6.07, 6.45) is 10.8. The molecule has 2 aliphatic rings. The standard InChI is InChI=1S/C16H28O3/c1-12(11-13-7-4-3-5-8-13)16(17)19-15-10-6-9-14(15)18-2/h12-15H,3-11H2,1-2H3/t12-,14-,15-/m1/s1. The molecule has 0 saturated heterocycles. The molecule has 0 heterocycles. The molecule has 0 N–H and O–H groups in total. The fourth-order valence-corrected chi connectivity index (χ4v) is 3.58. The van der Waals surface area contributed by atoms with Crippen LogP contribution in [0.3, 0.4) is 0 Å². The van der Waals surface area contributed by atoms with E-state index in [0.717, 1.165) is 31.6 Å². The predicted octanol–water partition coefficient (Wildman–Crippen LogP) is 3.70. The Morgan fingerprint density at radius 1 is 1.05 bits per heavy atom. The molecule has 2 aliphatic carbocycles. The third-order valence-corrected chi connectivity index (χ3v) is 4.78. The van der Waals surface area contributed by atoms with Gasteiger partial charge in [0, 0.05) is 7.11 Å². The Morgan fingerprint density at radius 2 is 1.74 bits per heavy atom. The molecule has 0 bridgehead atoms. The van der Waals surface area contributed by atoms with E-state index in [2.05, 4.69) is 0 Å². The summed E-state index contributed by atoms with van der Waals surface area (Å²) in [7, 11) is 1.71. The van der Waals surface area contributed by atoms with Gasteiger partial charge in [0.2, 0.25) is 0 Å². The van der Waals surface area contributed by atoms with Gasteiger partial charge in [0.05, 0.1) is 12.0 Å². The molecule has 3 atom stereocenters. The maximum absolute atomic E-state index is 12.2. The van der Waals surface area contributed by atoms with Crippen molar-refractivity contribution in [3.63, 3.8) is 0 Å². The summed E-state index contributed by atoms with van der Waals surface area (Å²) >= 11 is 0. The van der Waals surface area contributed by atoms with Crippen molar-refractivity contribution in [1.29, 1.82) is 0 Å². The third-order valence-electron chi connectivity index (χ3n) is 4.78. The minimum Gasteiger partial charge on any atom is -0.459 e. The highest BCUT2D eigenvalue weighted by atomic mass is 16.6. The van der Waals surface area contributed by atoms with Crippen molar-refractivity contribution in [1.82, 2.24) is 0 Å². The highest BCUT2D eigenvalue weighted by molar-refractivity contribution is 5.72. The molecule has 3 nitrogen and oxygen atoms in total. The Balaban J connectivity index is 1.75. The number of hydrogen-bond donors (Lipinski definition) is 0. The van der Waals surface area contributed by atoms with Crippen LogP contribution in [0.15, 0.2) is 0 Å². The molecule has 2 saturated carbocycles. The first kappa shape index (κ1) is 14.8. The first-order valence-corrected chi connectivity index (χ1v) is 7.94. The van der Waals surface area contributed by atoms with E-state index < -0.39 is 0 Å². The van der Waals surface area contributed by atoms with Gasteiger partial charge in [-0.05, 0) is 31.6 Å². The smallest absolute Gasteiger partial charge is 0.309 e. The highest BCUT2D eigenvalue weighted by Crippen LogP contribution is 2.30. The summed E-state index contributed by atoms with van der Waals surface area (Å²) in [6, 6.07) is 0. The zero-order chi connectivity index (χ0) is 13.7. The highest BCUT2D eigenvalue weighted by Gasteiger charge is 2.32. The van der Waals surface area contributed by atoms with Crippen LogP contribution in [0.1, 0.15) is 64.7 Å². The van der Waals surface area contributed by atoms with E-state index >= 15 is 0 Å². The second kappa shape index (κ2) is 7.28. The molecular weight excluding hydrogens is 240 g/mol. The van der Waals surface area contributed by atoms with E-state index in [0.29, 0.717) is 0 Å². The summed E-state index contributed by atoms with van der Waals surface area (Å²) in [5.74, 6) is 0.763. The van der Waals surface area contributed by atoms with Crippen molar-refractivity contribution >= 4 is 5.97 Å². The number of hydrogen-bond acceptors (Lipinski definition) is 3. The zero-order valence-electron chi connectivity index (χ0n) is 12.4. The van der Waals surface area contributed by atoms with Crippen molar-refractivity contribution in [2.24, 2.45) is 11.8 Å². The van der Waals surface area contributed by atoms with Gasteiger partial charge in [-0.2, -0.15) is 0 Å².